The van der Waals surface area contributed by atoms with Crippen molar-refractivity contribution in [2.45, 2.75) is 33.1 Å². The Hall–Kier alpha value is -1.84. The molecule has 19 heavy (non-hydrogen) atoms. The van der Waals surface area contributed by atoms with Crippen molar-refractivity contribution in [2.24, 2.45) is 11.3 Å². The van der Waals surface area contributed by atoms with Crippen molar-refractivity contribution in [3.63, 3.8) is 0 Å². The van der Waals surface area contributed by atoms with E-state index in [0.29, 0.717) is 5.69 Å². The molecule has 1 aliphatic carbocycles. The molecule has 0 radical (unpaired) electrons. The first-order chi connectivity index (χ1) is 8.90. The molecule has 4 heteroatoms. The van der Waals surface area contributed by atoms with E-state index in [-0.39, 0.29) is 22.8 Å². The number of carboxylic acid groups (broad SMARTS) is 1. The molecule has 1 amide bonds. The van der Waals surface area contributed by atoms with Gasteiger partial charge in [0.15, 0.2) is 0 Å². The van der Waals surface area contributed by atoms with E-state index in [1.54, 1.807) is 12.1 Å². The Balaban J connectivity index is 2.05. The molecule has 1 fully saturated rings. The van der Waals surface area contributed by atoms with E-state index in [2.05, 4.69) is 19.2 Å². The number of carbonyl (C=O) groups excluding carboxylic acids is 1. The van der Waals surface area contributed by atoms with E-state index in [1.165, 1.54) is 12.1 Å². The van der Waals surface area contributed by atoms with Gasteiger partial charge in [-0.2, -0.15) is 0 Å². The Morgan fingerprint density at radius 2 is 1.89 bits per heavy atom. The van der Waals surface area contributed by atoms with E-state index in [0.717, 1.165) is 19.3 Å². The second kappa shape index (κ2) is 5.03. The van der Waals surface area contributed by atoms with Gasteiger partial charge in [0, 0.05) is 11.6 Å². The minimum absolute atomic E-state index is 0.0329. The first-order valence-corrected chi connectivity index (χ1v) is 6.54. The minimum atomic E-state index is -0.963. The van der Waals surface area contributed by atoms with Crippen LogP contribution in [0, 0.1) is 11.3 Å². The SMILES string of the molecule is CC1(C)CCCC1C(=O)Nc1ccc(C(=O)O)cc1. The maximum atomic E-state index is 12.2. The first-order valence-electron chi connectivity index (χ1n) is 6.54. The molecule has 0 bridgehead atoms. The Labute approximate surface area is 112 Å². The molecule has 1 aliphatic rings. The monoisotopic (exact) mass is 261 g/mol. The summed E-state index contributed by atoms with van der Waals surface area (Å²) in [5.41, 5.74) is 0.919. The Kier molecular flexibility index (Phi) is 3.60. The lowest BCUT2D eigenvalue weighted by Crippen LogP contribution is -2.30. The lowest BCUT2D eigenvalue weighted by Gasteiger charge is -2.25. The molecular formula is C15H19NO3. The zero-order valence-electron chi connectivity index (χ0n) is 11.3. The molecule has 102 valence electrons. The molecule has 0 aliphatic heterocycles. The van der Waals surface area contributed by atoms with Crippen LogP contribution in [-0.2, 0) is 4.79 Å². The highest BCUT2D eigenvalue weighted by Crippen LogP contribution is 2.42. The maximum Gasteiger partial charge on any atom is 0.335 e. The first kappa shape index (κ1) is 13.6. The van der Waals surface area contributed by atoms with Crippen LogP contribution in [0.25, 0.3) is 0 Å². The Morgan fingerprint density at radius 3 is 2.37 bits per heavy atom. The molecule has 0 spiro atoms. The van der Waals surface area contributed by atoms with Gasteiger partial charge in [-0.25, -0.2) is 4.79 Å². The molecule has 4 nitrogen and oxygen atoms in total. The highest BCUT2D eigenvalue weighted by Gasteiger charge is 2.39. The second-order valence-corrected chi connectivity index (χ2v) is 5.81. The number of nitrogens with one attached hydrogen (secondary N) is 1. The van der Waals surface area contributed by atoms with Crippen molar-refractivity contribution in [2.75, 3.05) is 5.32 Å². The highest BCUT2D eigenvalue weighted by molar-refractivity contribution is 5.94. The van der Waals surface area contributed by atoms with E-state index in [4.69, 9.17) is 5.11 Å². The number of hydrogen-bond acceptors (Lipinski definition) is 2. The minimum Gasteiger partial charge on any atom is -0.478 e. The van der Waals surface area contributed by atoms with Gasteiger partial charge in [0.1, 0.15) is 0 Å². The lowest BCUT2D eigenvalue weighted by atomic mass is 9.81. The van der Waals surface area contributed by atoms with Crippen LogP contribution in [0.1, 0.15) is 43.5 Å². The largest absolute Gasteiger partial charge is 0.478 e. The fraction of sp³-hybridized carbons (Fsp3) is 0.467. The normalized spacial score (nSPS) is 21.1. The molecular weight excluding hydrogens is 242 g/mol. The van der Waals surface area contributed by atoms with Crippen molar-refractivity contribution in [1.82, 2.24) is 0 Å². The van der Waals surface area contributed by atoms with E-state index < -0.39 is 5.97 Å². The molecule has 1 aromatic rings. The van der Waals surface area contributed by atoms with Gasteiger partial charge in [0.05, 0.1) is 5.56 Å². The van der Waals surface area contributed by atoms with Gasteiger partial charge in [0.25, 0.3) is 0 Å². The van der Waals surface area contributed by atoms with Crippen molar-refractivity contribution in [3.05, 3.63) is 29.8 Å². The Bertz CT molecular complexity index is 491. The number of aromatic carboxylic acids is 1. The molecule has 2 N–H and O–H groups in total. The van der Waals surface area contributed by atoms with Crippen molar-refractivity contribution < 1.29 is 14.7 Å². The summed E-state index contributed by atoms with van der Waals surface area (Å²) in [6, 6.07) is 6.25. The summed E-state index contributed by atoms with van der Waals surface area (Å²) in [4.78, 5) is 23.0. The number of amides is 1. The highest BCUT2D eigenvalue weighted by atomic mass is 16.4. The molecule has 1 aromatic carbocycles. The zero-order chi connectivity index (χ0) is 14.0. The number of carboxylic acids is 1. The molecule has 1 saturated carbocycles. The van der Waals surface area contributed by atoms with Crippen LogP contribution in [0.4, 0.5) is 5.69 Å². The summed E-state index contributed by atoms with van der Waals surface area (Å²) in [7, 11) is 0. The summed E-state index contributed by atoms with van der Waals surface area (Å²) in [6.07, 6.45) is 3.08. The molecule has 1 unspecified atom stereocenters. The number of anilines is 1. The smallest absolute Gasteiger partial charge is 0.335 e. The quantitative estimate of drug-likeness (QED) is 0.878. The fourth-order valence-corrected chi connectivity index (χ4v) is 2.74. The van der Waals surface area contributed by atoms with Crippen LogP contribution in [0.5, 0.6) is 0 Å². The maximum absolute atomic E-state index is 12.2. The number of hydrogen-bond donors (Lipinski definition) is 2. The summed E-state index contributed by atoms with van der Waals surface area (Å²) >= 11 is 0. The van der Waals surface area contributed by atoms with Gasteiger partial charge < -0.3 is 10.4 Å². The van der Waals surface area contributed by atoms with Crippen LogP contribution in [0.15, 0.2) is 24.3 Å². The van der Waals surface area contributed by atoms with Gasteiger partial charge in [-0.15, -0.1) is 0 Å². The van der Waals surface area contributed by atoms with Gasteiger partial charge in [-0.3, -0.25) is 4.79 Å². The zero-order valence-corrected chi connectivity index (χ0v) is 11.3. The van der Waals surface area contributed by atoms with Gasteiger partial charge in [0.2, 0.25) is 5.91 Å². The van der Waals surface area contributed by atoms with Crippen LogP contribution < -0.4 is 5.32 Å². The van der Waals surface area contributed by atoms with Gasteiger partial charge in [-0.1, -0.05) is 20.3 Å². The van der Waals surface area contributed by atoms with Gasteiger partial charge in [-0.05, 0) is 42.5 Å². The van der Waals surface area contributed by atoms with Crippen LogP contribution in [-0.4, -0.2) is 17.0 Å². The summed E-state index contributed by atoms with van der Waals surface area (Å²) < 4.78 is 0. The second-order valence-electron chi connectivity index (χ2n) is 5.81. The molecule has 1 atom stereocenters. The molecule has 0 aromatic heterocycles. The predicted molar refractivity (Wildman–Crippen MR) is 73.2 cm³/mol. The van der Waals surface area contributed by atoms with E-state index in [1.807, 2.05) is 0 Å². The van der Waals surface area contributed by atoms with Crippen LogP contribution >= 0.6 is 0 Å². The van der Waals surface area contributed by atoms with E-state index >= 15 is 0 Å². The third kappa shape index (κ3) is 2.95. The number of carbonyl (C=O) groups is 2. The van der Waals surface area contributed by atoms with Crippen molar-refractivity contribution in [1.29, 1.82) is 0 Å². The number of benzene rings is 1. The van der Waals surface area contributed by atoms with Gasteiger partial charge >= 0.3 is 5.97 Å². The molecule has 0 heterocycles. The van der Waals surface area contributed by atoms with Crippen molar-refractivity contribution in [3.8, 4) is 0 Å². The summed E-state index contributed by atoms with van der Waals surface area (Å²) in [5.74, 6) is -0.896. The average molecular weight is 261 g/mol. The predicted octanol–water partition coefficient (Wildman–Crippen LogP) is 3.15. The third-order valence-electron chi connectivity index (χ3n) is 3.97. The van der Waals surface area contributed by atoms with Crippen molar-refractivity contribution >= 4 is 17.6 Å². The van der Waals surface area contributed by atoms with Crippen LogP contribution in [0.3, 0.4) is 0 Å². The molecule has 2 rings (SSSR count). The third-order valence-corrected chi connectivity index (χ3v) is 3.97. The summed E-state index contributed by atoms with van der Waals surface area (Å²) in [6.45, 7) is 4.25. The average Bonchev–Trinajstić information content (AvgIpc) is 2.69. The summed E-state index contributed by atoms with van der Waals surface area (Å²) in [5, 5.41) is 11.7. The number of rotatable bonds is 3. The van der Waals surface area contributed by atoms with E-state index in [9.17, 15) is 9.59 Å². The Morgan fingerprint density at radius 1 is 1.26 bits per heavy atom. The lowest BCUT2D eigenvalue weighted by molar-refractivity contribution is -0.122. The topological polar surface area (TPSA) is 66.4 Å². The molecule has 0 saturated heterocycles. The standard InChI is InChI=1S/C15H19NO3/c1-15(2)9-3-4-12(15)13(17)16-11-7-5-10(6-8-11)14(18)19/h5-8,12H,3-4,9H2,1-2H3,(H,16,17)(H,18,19). The van der Waals surface area contributed by atoms with Crippen LogP contribution in [0.2, 0.25) is 0 Å². The fourth-order valence-electron chi connectivity index (χ4n) is 2.74.